The number of H-pyrrole nitrogens is 1. The smallest absolute Gasteiger partial charge is 0.221 e. The number of para-hydroxylation sites is 2. The van der Waals surface area contributed by atoms with Crippen molar-refractivity contribution in [2.24, 2.45) is 5.92 Å². The highest BCUT2D eigenvalue weighted by Gasteiger charge is 2.21. The van der Waals surface area contributed by atoms with Crippen LogP contribution >= 0.6 is 0 Å². The van der Waals surface area contributed by atoms with Gasteiger partial charge in [0.15, 0.2) is 0 Å². The maximum absolute atomic E-state index is 11.7. The van der Waals surface area contributed by atoms with Gasteiger partial charge in [0, 0.05) is 32.5 Å². The van der Waals surface area contributed by atoms with E-state index in [-0.39, 0.29) is 5.91 Å². The standard InChI is InChI=1S/C19H26N4O/c1-2-10-20-19(24)9-12-23-11-5-6-15(14-23)13-18-21-16-7-3-4-8-17(16)22-18/h2-4,7-8,15H,1,5-6,9-14H2,(H,20,24)(H,21,22). The van der Waals surface area contributed by atoms with Gasteiger partial charge in [0.2, 0.25) is 5.91 Å². The molecule has 1 aromatic heterocycles. The van der Waals surface area contributed by atoms with Crippen LogP contribution in [0.1, 0.15) is 25.1 Å². The summed E-state index contributed by atoms with van der Waals surface area (Å²) >= 11 is 0. The molecule has 2 aromatic rings. The number of rotatable bonds is 7. The highest BCUT2D eigenvalue weighted by molar-refractivity contribution is 5.76. The lowest BCUT2D eigenvalue weighted by atomic mass is 9.94. The zero-order chi connectivity index (χ0) is 16.8. The number of nitrogens with zero attached hydrogens (tertiary/aromatic N) is 2. The largest absolute Gasteiger partial charge is 0.353 e. The Hall–Kier alpha value is -2.14. The SMILES string of the molecule is C=CCNC(=O)CCN1CCCC(Cc2nc3ccccc3[nH]2)C1. The summed E-state index contributed by atoms with van der Waals surface area (Å²) in [5, 5.41) is 2.84. The van der Waals surface area contributed by atoms with Crippen molar-refractivity contribution in [3.05, 3.63) is 42.7 Å². The van der Waals surface area contributed by atoms with Crippen LogP contribution in [0.5, 0.6) is 0 Å². The molecule has 2 N–H and O–H groups in total. The monoisotopic (exact) mass is 326 g/mol. The average Bonchev–Trinajstić information content (AvgIpc) is 3.00. The Morgan fingerprint density at radius 1 is 1.46 bits per heavy atom. The second-order valence-electron chi connectivity index (χ2n) is 6.56. The summed E-state index contributed by atoms with van der Waals surface area (Å²) in [6, 6.07) is 8.17. The Morgan fingerprint density at radius 2 is 2.33 bits per heavy atom. The molecule has 1 aromatic carbocycles. The Kier molecular flexibility index (Phi) is 5.64. The highest BCUT2D eigenvalue weighted by Crippen LogP contribution is 2.21. The summed E-state index contributed by atoms with van der Waals surface area (Å²) in [7, 11) is 0. The molecule has 0 aliphatic carbocycles. The minimum Gasteiger partial charge on any atom is -0.353 e. The minimum absolute atomic E-state index is 0.106. The van der Waals surface area contributed by atoms with Crippen LogP contribution in [-0.2, 0) is 11.2 Å². The molecule has 3 rings (SSSR count). The van der Waals surface area contributed by atoms with E-state index in [0.717, 1.165) is 42.9 Å². The number of aromatic nitrogens is 2. The first kappa shape index (κ1) is 16.7. The van der Waals surface area contributed by atoms with E-state index in [1.165, 1.54) is 12.8 Å². The molecule has 1 atom stereocenters. The molecule has 0 bridgehead atoms. The number of carbonyl (C=O) groups excluding carboxylic acids is 1. The lowest BCUT2D eigenvalue weighted by Gasteiger charge is -2.32. The first-order valence-corrected chi connectivity index (χ1v) is 8.78. The van der Waals surface area contributed by atoms with E-state index in [2.05, 4.69) is 27.8 Å². The van der Waals surface area contributed by atoms with Crippen LogP contribution in [0, 0.1) is 5.92 Å². The second kappa shape index (κ2) is 8.11. The molecular formula is C19H26N4O. The van der Waals surface area contributed by atoms with Gasteiger partial charge in [0.25, 0.3) is 0 Å². The zero-order valence-corrected chi connectivity index (χ0v) is 14.1. The fraction of sp³-hybridized carbons (Fsp3) is 0.474. The fourth-order valence-corrected chi connectivity index (χ4v) is 3.43. The third kappa shape index (κ3) is 4.45. The van der Waals surface area contributed by atoms with E-state index in [4.69, 9.17) is 4.98 Å². The third-order valence-electron chi connectivity index (χ3n) is 4.62. The quantitative estimate of drug-likeness (QED) is 0.769. The van der Waals surface area contributed by atoms with E-state index in [9.17, 15) is 4.79 Å². The Morgan fingerprint density at radius 3 is 3.17 bits per heavy atom. The van der Waals surface area contributed by atoms with Gasteiger partial charge in [-0.05, 0) is 37.4 Å². The van der Waals surface area contributed by atoms with Crippen LogP contribution in [0.2, 0.25) is 0 Å². The van der Waals surface area contributed by atoms with Gasteiger partial charge >= 0.3 is 0 Å². The molecule has 1 amide bonds. The van der Waals surface area contributed by atoms with Crippen LogP contribution in [0.25, 0.3) is 11.0 Å². The summed E-state index contributed by atoms with van der Waals surface area (Å²) in [4.78, 5) is 22.2. The van der Waals surface area contributed by atoms with E-state index < -0.39 is 0 Å². The topological polar surface area (TPSA) is 61.0 Å². The average molecular weight is 326 g/mol. The number of hydrogen-bond donors (Lipinski definition) is 2. The maximum Gasteiger partial charge on any atom is 0.221 e. The van der Waals surface area contributed by atoms with Gasteiger partial charge in [-0.3, -0.25) is 4.79 Å². The van der Waals surface area contributed by atoms with Crippen LogP contribution in [-0.4, -0.2) is 47.0 Å². The molecule has 5 heteroatoms. The molecule has 5 nitrogen and oxygen atoms in total. The number of nitrogens with one attached hydrogen (secondary N) is 2. The predicted molar refractivity (Wildman–Crippen MR) is 96.8 cm³/mol. The number of fused-ring (bicyclic) bond motifs is 1. The number of piperidine rings is 1. The summed E-state index contributed by atoms with van der Waals surface area (Å²) in [5.74, 6) is 1.79. The Balaban J connectivity index is 1.50. The van der Waals surface area contributed by atoms with E-state index in [1.807, 2.05) is 18.2 Å². The highest BCUT2D eigenvalue weighted by atomic mass is 16.1. The van der Waals surface area contributed by atoms with E-state index >= 15 is 0 Å². The van der Waals surface area contributed by atoms with Crippen molar-refractivity contribution >= 4 is 16.9 Å². The van der Waals surface area contributed by atoms with Crippen LogP contribution in [0.4, 0.5) is 0 Å². The number of amides is 1. The molecule has 0 spiro atoms. The first-order chi connectivity index (χ1) is 11.7. The molecule has 0 radical (unpaired) electrons. The van der Waals surface area contributed by atoms with Gasteiger partial charge in [0.05, 0.1) is 11.0 Å². The van der Waals surface area contributed by atoms with Crippen molar-refractivity contribution in [1.82, 2.24) is 20.2 Å². The molecule has 1 unspecified atom stereocenters. The van der Waals surface area contributed by atoms with Gasteiger partial charge in [-0.15, -0.1) is 6.58 Å². The minimum atomic E-state index is 0.106. The molecule has 128 valence electrons. The van der Waals surface area contributed by atoms with Crippen LogP contribution in [0.15, 0.2) is 36.9 Å². The van der Waals surface area contributed by atoms with E-state index in [0.29, 0.717) is 18.9 Å². The second-order valence-corrected chi connectivity index (χ2v) is 6.56. The maximum atomic E-state index is 11.7. The molecule has 24 heavy (non-hydrogen) atoms. The zero-order valence-electron chi connectivity index (χ0n) is 14.1. The molecule has 1 aliphatic heterocycles. The predicted octanol–water partition coefficient (Wildman–Crippen LogP) is 2.51. The van der Waals surface area contributed by atoms with Crippen molar-refractivity contribution in [3.8, 4) is 0 Å². The molecule has 1 fully saturated rings. The normalized spacial score (nSPS) is 18.6. The molecule has 1 aliphatic rings. The summed E-state index contributed by atoms with van der Waals surface area (Å²) in [6.07, 6.45) is 5.68. The summed E-state index contributed by atoms with van der Waals surface area (Å²) in [6.45, 7) is 7.13. The number of benzene rings is 1. The van der Waals surface area contributed by atoms with Crippen LogP contribution < -0.4 is 5.32 Å². The van der Waals surface area contributed by atoms with E-state index in [1.54, 1.807) is 6.08 Å². The number of hydrogen-bond acceptors (Lipinski definition) is 3. The van der Waals surface area contributed by atoms with Crippen molar-refractivity contribution in [3.63, 3.8) is 0 Å². The Bertz CT molecular complexity index is 660. The van der Waals surface area contributed by atoms with Gasteiger partial charge in [-0.2, -0.15) is 0 Å². The Labute approximate surface area is 143 Å². The van der Waals surface area contributed by atoms with Crippen molar-refractivity contribution in [1.29, 1.82) is 0 Å². The fourth-order valence-electron chi connectivity index (χ4n) is 3.43. The van der Waals surface area contributed by atoms with Gasteiger partial charge in [-0.1, -0.05) is 18.2 Å². The van der Waals surface area contributed by atoms with Crippen LogP contribution in [0.3, 0.4) is 0 Å². The van der Waals surface area contributed by atoms with Gasteiger partial charge in [-0.25, -0.2) is 4.98 Å². The first-order valence-electron chi connectivity index (χ1n) is 8.78. The molecule has 0 saturated carbocycles. The van der Waals surface area contributed by atoms with Crippen molar-refractivity contribution in [2.75, 3.05) is 26.2 Å². The van der Waals surface area contributed by atoms with Gasteiger partial charge < -0.3 is 15.2 Å². The number of aromatic amines is 1. The summed E-state index contributed by atoms with van der Waals surface area (Å²) in [5.41, 5.74) is 2.15. The molecule has 1 saturated heterocycles. The van der Waals surface area contributed by atoms with Gasteiger partial charge in [0.1, 0.15) is 5.82 Å². The lowest BCUT2D eigenvalue weighted by Crippen LogP contribution is -2.38. The third-order valence-corrected chi connectivity index (χ3v) is 4.62. The lowest BCUT2D eigenvalue weighted by molar-refractivity contribution is -0.121. The molecule has 2 heterocycles. The van der Waals surface area contributed by atoms with Crippen molar-refractivity contribution < 1.29 is 4.79 Å². The number of imidazole rings is 1. The number of likely N-dealkylation sites (tertiary alicyclic amines) is 1. The molecular weight excluding hydrogens is 300 g/mol. The summed E-state index contributed by atoms with van der Waals surface area (Å²) < 4.78 is 0. The van der Waals surface area contributed by atoms with Crippen molar-refractivity contribution in [2.45, 2.75) is 25.7 Å². The number of carbonyl (C=O) groups is 1.